The highest BCUT2D eigenvalue weighted by Gasteiger charge is 2.39. The third-order valence-corrected chi connectivity index (χ3v) is 4.15. The smallest absolute Gasteiger partial charge is 0.223 e. The minimum Gasteiger partial charge on any atom is -0.223 e. The lowest BCUT2D eigenvalue weighted by Crippen LogP contribution is -2.18. The molecule has 0 aliphatic carbocycles. The molecule has 0 radical (unpaired) electrons. The fourth-order valence-electron chi connectivity index (χ4n) is 2.52. The van der Waals surface area contributed by atoms with E-state index in [9.17, 15) is 17.6 Å². The number of rotatable bonds is 4. The van der Waals surface area contributed by atoms with Crippen LogP contribution in [0.2, 0.25) is 10.0 Å². The molecular formula is C18H11Cl2F4N3. The maximum Gasteiger partial charge on any atom is 0.399 e. The number of aromatic nitrogens is 3. The molecule has 1 unspecified atom stereocenters. The second-order valence-corrected chi connectivity index (χ2v) is 6.50. The van der Waals surface area contributed by atoms with Crippen molar-refractivity contribution in [1.82, 2.24) is 14.8 Å². The van der Waals surface area contributed by atoms with Crippen molar-refractivity contribution < 1.29 is 17.6 Å². The van der Waals surface area contributed by atoms with Gasteiger partial charge in [-0.25, -0.2) is 14.1 Å². The largest absolute Gasteiger partial charge is 0.399 e. The van der Waals surface area contributed by atoms with Crippen LogP contribution in [0.4, 0.5) is 17.6 Å². The fraction of sp³-hybridized carbons (Fsp3) is 0.111. The second kappa shape index (κ2) is 7.70. The highest BCUT2D eigenvalue weighted by atomic mass is 35.5. The third kappa shape index (κ3) is 4.67. The normalized spacial score (nSPS) is 13.3. The molecule has 0 fully saturated rings. The van der Waals surface area contributed by atoms with Gasteiger partial charge in [0, 0.05) is 10.0 Å². The van der Waals surface area contributed by atoms with E-state index < -0.39 is 17.9 Å². The molecular weight excluding hydrogens is 405 g/mol. The lowest BCUT2D eigenvalue weighted by Gasteiger charge is -2.18. The first kappa shape index (κ1) is 19.4. The molecule has 140 valence electrons. The van der Waals surface area contributed by atoms with Gasteiger partial charge in [0.1, 0.15) is 24.2 Å². The van der Waals surface area contributed by atoms with Gasteiger partial charge in [0.15, 0.2) is 0 Å². The zero-order valence-electron chi connectivity index (χ0n) is 13.5. The van der Waals surface area contributed by atoms with Crippen molar-refractivity contribution in [3.63, 3.8) is 0 Å². The van der Waals surface area contributed by atoms with E-state index in [0.717, 1.165) is 12.1 Å². The molecule has 0 saturated carbocycles. The van der Waals surface area contributed by atoms with E-state index in [1.807, 2.05) is 0 Å². The van der Waals surface area contributed by atoms with Crippen LogP contribution >= 0.6 is 23.2 Å². The van der Waals surface area contributed by atoms with Crippen LogP contribution in [0.15, 0.2) is 55.1 Å². The summed E-state index contributed by atoms with van der Waals surface area (Å²) < 4.78 is 55.9. The van der Waals surface area contributed by atoms with Gasteiger partial charge >= 0.3 is 6.18 Å². The van der Waals surface area contributed by atoms with Crippen LogP contribution in [0.25, 0.3) is 11.8 Å². The van der Waals surface area contributed by atoms with Crippen molar-refractivity contribution in [2.24, 2.45) is 0 Å². The van der Waals surface area contributed by atoms with Gasteiger partial charge in [-0.2, -0.15) is 18.3 Å². The lowest BCUT2D eigenvalue weighted by atomic mass is 9.97. The fourth-order valence-corrected chi connectivity index (χ4v) is 3.06. The van der Waals surface area contributed by atoms with Gasteiger partial charge in [-0.3, -0.25) is 0 Å². The molecule has 0 N–H and O–H groups in total. The van der Waals surface area contributed by atoms with Gasteiger partial charge in [0.05, 0.1) is 5.92 Å². The van der Waals surface area contributed by atoms with Gasteiger partial charge in [0.2, 0.25) is 0 Å². The van der Waals surface area contributed by atoms with E-state index in [2.05, 4.69) is 10.1 Å². The summed E-state index contributed by atoms with van der Waals surface area (Å²) in [5, 5.41) is 4.01. The zero-order chi connectivity index (χ0) is 19.6. The van der Waals surface area contributed by atoms with Crippen LogP contribution in [0.5, 0.6) is 0 Å². The van der Waals surface area contributed by atoms with E-state index in [1.165, 1.54) is 53.7 Å². The standard InChI is InChI=1S/C18H11Cl2F4N3/c19-13-6-12(7-14(20)8-13)15(18(22,23)24)3-1-11-2-4-17(16(21)5-11)27-10-25-9-26-27/h1-10,15H/b3-1+. The molecule has 0 bridgehead atoms. The molecule has 3 nitrogen and oxygen atoms in total. The Labute approximate surface area is 161 Å². The van der Waals surface area contributed by atoms with Crippen molar-refractivity contribution in [2.75, 3.05) is 0 Å². The Hall–Kier alpha value is -2.38. The van der Waals surface area contributed by atoms with E-state index in [-0.39, 0.29) is 26.9 Å². The molecule has 3 rings (SSSR count). The molecule has 1 atom stereocenters. The number of benzene rings is 2. The summed E-state index contributed by atoms with van der Waals surface area (Å²) in [6.45, 7) is 0. The SMILES string of the molecule is Fc1cc(/C=C/C(c2cc(Cl)cc(Cl)c2)C(F)(F)F)ccc1-n1cncn1. The average molecular weight is 416 g/mol. The van der Waals surface area contributed by atoms with Gasteiger partial charge in [0.25, 0.3) is 0 Å². The molecule has 0 amide bonds. The molecule has 1 aromatic heterocycles. The van der Waals surface area contributed by atoms with Crippen LogP contribution in [-0.4, -0.2) is 20.9 Å². The number of halogens is 6. The quantitative estimate of drug-likeness (QED) is 0.484. The van der Waals surface area contributed by atoms with Crippen LogP contribution in [-0.2, 0) is 0 Å². The van der Waals surface area contributed by atoms with Crippen LogP contribution in [0.1, 0.15) is 17.0 Å². The van der Waals surface area contributed by atoms with Crippen molar-refractivity contribution in [3.8, 4) is 5.69 Å². The van der Waals surface area contributed by atoms with Crippen LogP contribution in [0, 0.1) is 5.82 Å². The zero-order valence-corrected chi connectivity index (χ0v) is 15.0. The maximum absolute atomic E-state index is 14.2. The van der Waals surface area contributed by atoms with E-state index in [1.54, 1.807) is 0 Å². The summed E-state index contributed by atoms with van der Waals surface area (Å²) in [5.74, 6) is -2.58. The summed E-state index contributed by atoms with van der Waals surface area (Å²) in [6, 6.07) is 7.75. The van der Waals surface area contributed by atoms with Gasteiger partial charge in [-0.15, -0.1) is 0 Å². The number of allylic oxidation sites excluding steroid dienone is 1. The number of hydrogen-bond donors (Lipinski definition) is 0. The lowest BCUT2D eigenvalue weighted by molar-refractivity contribution is -0.139. The summed E-state index contributed by atoms with van der Waals surface area (Å²) in [5.41, 5.74) is 0.299. The van der Waals surface area contributed by atoms with Crippen LogP contribution in [0.3, 0.4) is 0 Å². The van der Waals surface area contributed by atoms with Gasteiger partial charge < -0.3 is 0 Å². The second-order valence-electron chi connectivity index (χ2n) is 5.63. The summed E-state index contributed by atoms with van der Waals surface area (Å²) in [4.78, 5) is 3.72. The first-order valence-corrected chi connectivity index (χ1v) is 8.35. The molecule has 0 saturated heterocycles. The maximum atomic E-state index is 14.2. The highest BCUT2D eigenvalue weighted by molar-refractivity contribution is 6.34. The Kier molecular flexibility index (Phi) is 5.53. The van der Waals surface area contributed by atoms with E-state index >= 15 is 0 Å². The van der Waals surface area contributed by atoms with Crippen LogP contribution < -0.4 is 0 Å². The Morgan fingerprint density at radius 3 is 2.30 bits per heavy atom. The molecule has 3 aromatic rings. The number of hydrogen-bond acceptors (Lipinski definition) is 2. The van der Waals surface area contributed by atoms with Crippen molar-refractivity contribution in [3.05, 3.63) is 82.1 Å². The number of nitrogens with zero attached hydrogens (tertiary/aromatic N) is 3. The minimum atomic E-state index is -4.57. The highest BCUT2D eigenvalue weighted by Crippen LogP contribution is 2.38. The third-order valence-electron chi connectivity index (χ3n) is 3.72. The first-order valence-electron chi connectivity index (χ1n) is 7.59. The first-order chi connectivity index (χ1) is 12.7. The summed E-state index contributed by atoms with van der Waals surface area (Å²) in [6.07, 6.45) is 0.130. The van der Waals surface area contributed by atoms with Gasteiger partial charge in [-0.1, -0.05) is 41.4 Å². The van der Waals surface area contributed by atoms with E-state index in [4.69, 9.17) is 23.2 Å². The molecule has 9 heteroatoms. The van der Waals surface area contributed by atoms with Crippen molar-refractivity contribution in [2.45, 2.75) is 12.1 Å². The summed E-state index contributed by atoms with van der Waals surface area (Å²) in [7, 11) is 0. The van der Waals surface area contributed by atoms with Crippen molar-refractivity contribution in [1.29, 1.82) is 0 Å². The molecule has 2 aromatic carbocycles. The number of alkyl halides is 3. The molecule has 0 aliphatic rings. The molecule has 0 aliphatic heterocycles. The van der Waals surface area contributed by atoms with Crippen molar-refractivity contribution >= 4 is 29.3 Å². The predicted octanol–water partition coefficient (Wildman–Crippen LogP) is 6.07. The van der Waals surface area contributed by atoms with Gasteiger partial charge in [-0.05, 0) is 41.5 Å². The average Bonchev–Trinajstić information content (AvgIpc) is 3.07. The Morgan fingerprint density at radius 1 is 1.04 bits per heavy atom. The van der Waals surface area contributed by atoms with E-state index in [0.29, 0.717) is 0 Å². The minimum absolute atomic E-state index is 0.100. The summed E-state index contributed by atoms with van der Waals surface area (Å²) >= 11 is 11.6. The predicted molar refractivity (Wildman–Crippen MR) is 95.6 cm³/mol. The Morgan fingerprint density at radius 2 is 1.74 bits per heavy atom. The Balaban J connectivity index is 1.92. The topological polar surface area (TPSA) is 30.7 Å². The monoisotopic (exact) mass is 415 g/mol. The Bertz CT molecular complexity index is 949. The molecule has 0 spiro atoms. The molecule has 1 heterocycles. The molecule has 27 heavy (non-hydrogen) atoms.